The topological polar surface area (TPSA) is 58.5 Å². The summed E-state index contributed by atoms with van der Waals surface area (Å²) in [6.07, 6.45) is 3.34. The minimum Gasteiger partial charge on any atom is -0.429 e. The lowest BCUT2D eigenvalue weighted by Gasteiger charge is -2.30. The molecule has 2 fully saturated rings. The van der Waals surface area contributed by atoms with Crippen LogP contribution in [0.15, 0.2) is 22.6 Å². The number of fused-ring (bicyclic) bond motifs is 1. The molecule has 0 radical (unpaired) electrons. The van der Waals surface area contributed by atoms with Gasteiger partial charge in [0.2, 0.25) is 0 Å². The number of ether oxygens (including phenoxy) is 1. The predicted octanol–water partition coefficient (Wildman–Crippen LogP) is 3.62. The fourth-order valence-electron chi connectivity index (χ4n) is 3.42. The number of hydrogen-bond acceptors (Lipinski definition) is 5. The van der Waals surface area contributed by atoms with Crippen molar-refractivity contribution >= 4 is 41.0 Å². The van der Waals surface area contributed by atoms with E-state index >= 15 is 0 Å². The third-order valence-corrected chi connectivity index (χ3v) is 6.03. The van der Waals surface area contributed by atoms with E-state index in [9.17, 15) is 4.79 Å². The lowest BCUT2D eigenvalue weighted by Crippen LogP contribution is -2.44. The maximum atomic E-state index is 13.2. The van der Waals surface area contributed by atoms with Crippen LogP contribution < -0.4 is 0 Å². The summed E-state index contributed by atoms with van der Waals surface area (Å²) in [5.41, 5.74) is 2.09. The van der Waals surface area contributed by atoms with E-state index in [4.69, 9.17) is 21.4 Å². The second-order valence-electron chi connectivity index (χ2n) is 6.34. The molecule has 1 aromatic heterocycles. The number of rotatable bonds is 4. The maximum Gasteiger partial charge on any atom is 0.266 e. The molecule has 2 unspecified atom stereocenters. The van der Waals surface area contributed by atoms with Gasteiger partial charge in [-0.2, -0.15) is 11.8 Å². The van der Waals surface area contributed by atoms with E-state index in [1.807, 2.05) is 28.8 Å². The van der Waals surface area contributed by atoms with Crippen LogP contribution in [0.1, 0.15) is 29.6 Å². The first-order valence-electron chi connectivity index (χ1n) is 8.34. The number of oxazole rings is 1. The molecule has 4 rings (SSSR count). The van der Waals surface area contributed by atoms with Gasteiger partial charge in [-0.25, -0.2) is 0 Å². The zero-order valence-electron chi connectivity index (χ0n) is 13.3. The number of aromatic amines is 1. The molecule has 0 aliphatic carbocycles. The normalized spacial score (nSPS) is 23.8. The SMILES string of the molecule is O=C(c1ccc2[nH]c(=S)oc2c1)N(CC1CCCO1)C1CCSC1. The van der Waals surface area contributed by atoms with Gasteiger partial charge < -0.3 is 19.0 Å². The fourth-order valence-corrected chi connectivity index (χ4v) is 4.84. The largest absolute Gasteiger partial charge is 0.429 e. The molecule has 24 heavy (non-hydrogen) atoms. The maximum absolute atomic E-state index is 13.2. The average molecular weight is 364 g/mol. The smallest absolute Gasteiger partial charge is 0.266 e. The molecule has 5 nitrogen and oxygen atoms in total. The van der Waals surface area contributed by atoms with Gasteiger partial charge >= 0.3 is 0 Å². The number of carbonyl (C=O) groups is 1. The Balaban J connectivity index is 1.61. The van der Waals surface area contributed by atoms with Crippen molar-refractivity contribution in [1.82, 2.24) is 9.88 Å². The third-order valence-electron chi connectivity index (χ3n) is 4.70. The molecule has 1 N–H and O–H groups in total. The highest BCUT2D eigenvalue weighted by molar-refractivity contribution is 7.99. The number of H-pyrrole nitrogens is 1. The quantitative estimate of drug-likeness (QED) is 0.840. The van der Waals surface area contributed by atoms with Crippen molar-refractivity contribution in [2.24, 2.45) is 0 Å². The molecule has 1 aromatic carbocycles. The predicted molar refractivity (Wildman–Crippen MR) is 97.1 cm³/mol. The zero-order valence-corrected chi connectivity index (χ0v) is 15.0. The summed E-state index contributed by atoms with van der Waals surface area (Å²) < 4.78 is 11.2. The highest BCUT2D eigenvalue weighted by Crippen LogP contribution is 2.26. The molecule has 1 amide bonds. The van der Waals surface area contributed by atoms with Gasteiger partial charge in [0.15, 0.2) is 5.58 Å². The van der Waals surface area contributed by atoms with Crippen LogP contribution in [0.4, 0.5) is 0 Å². The Morgan fingerprint density at radius 2 is 2.33 bits per heavy atom. The summed E-state index contributed by atoms with van der Waals surface area (Å²) in [6.45, 7) is 1.49. The molecule has 2 saturated heterocycles. The molecule has 3 heterocycles. The van der Waals surface area contributed by atoms with Gasteiger partial charge in [-0.1, -0.05) is 0 Å². The molecular weight excluding hydrogens is 344 g/mol. The summed E-state index contributed by atoms with van der Waals surface area (Å²) >= 11 is 6.93. The lowest BCUT2D eigenvalue weighted by molar-refractivity contribution is 0.0442. The molecule has 2 atom stereocenters. The Morgan fingerprint density at radius 1 is 1.42 bits per heavy atom. The van der Waals surface area contributed by atoms with Crippen molar-refractivity contribution in [2.75, 3.05) is 24.7 Å². The van der Waals surface area contributed by atoms with Crippen LogP contribution in [0.3, 0.4) is 0 Å². The Bertz CT molecular complexity index is 788. The van der Waals surface area contributed by atoms with E-state index in [0.29, 0.717) is 28.6 Å². The number of aromatic nitrogens is 1. The van der Waals surface area contributed by atoms with E-state index in [1.54, 1.807) is 6.07 Å². The first-order chi connectivity index (χ1) is 11.7. The van der Waals surface area contributed by atoms with E-state index in [-0.39, 0.29) is 12.0 Å². The van der Waals surface area contributed by atoms with Crippen molar-refractivity contribution in [3.8, 4) is 0 Å². The molecule has 2 aliphatic heterocycles. The number of thioether (sulfide) groups is 1. The minimum atomic E-state index is 0.0576. The summed E-state index contributed by atoms with van der Waals surface area (Å²) in [5.74, 6) is 2.18. The second-order valence-corrected chi connectivity index (χ2v) is 7.86. The van der Waals surface area contributed by atoms with Crippen LogP contribution in [0.2, 0.25) is 0 Å². The minimum absolute atomic E-state index is 0.0576. The van der Waals surface area contributed by atoms with E-state index in [2.05, 4.69) is 4.98 Å². The fraction of sp³-hybridized carbons (Fsp3) is 0.529. The Morgan fingerprint density at radius 3 is 3.08 bits per heavy atom. The summed E-state index contributed by atoms with van der Waals surface area (Å²) in [5, 5.41) is 0. The molecule has 2 aliphatic rings. The van der Waals surface area contributed by atoms with Crippen molar-refractivity contribution in [2.45, 2.75) is 31.4 Å². The number of hydrogen-bond donors (Lipinski definition) is 1. The standard InChI is InChI=1S/C17H20N2O3S2/c20-16(11-3-4-14-15(8-11)22-17(23)18-14)19(12-5-7-24-10-12)9-13-2-1-6-21-13/h3-4,8,12-13H,1-2,5-7,9-10H2,(H,18,23). The van der Waals surface area contributed by atoms with Crippen LogP contribution in [0.5, 0.6) is 0 Å². The van der Waals surface area contributed by atoms with Crippen LogP contribution in [0.25, 0.3) is 11.1 Å². The van der Waals surface area contributed by atoms with Crippen LogP contribution in [-0.4, -0.2) is 52.6 Å². The highest BCUT2D eigenvalue weighted by Gasteiger charge is 2.31. The van der Waals surface area contributed by atoms with Gasteiger partial charge in [0.1, 0.15) is 0 Å². The van der Waals surface area contributed by atoms with Gasteiger partial charge in [-0.3, -0.25) is 4.79 Å². The van der Waals surface area contributed by atoms with Gasteiger partial charge in [-0.15, -0.1) is 0 Å². The van der Waals surface area contributed by atoms with Crippen molar-refractivity contribution in [1.29, 1.82) is 0 Å². The molecule has 128 valence electrons. The van der Waals surface area contributed by atoms with Crippen LogP contribution >= 0.6 is 24.0 Å². The number of nitrogens with zero attached hydrogens (tertiary/aromatic N) is 1. The molecule has 2 aromatic rings. The molecule has 0 bridgehead atoms. The monoisotopic (exact) mass is 364 g/mol. The number of carbonyl (C=O) groups excluding carboxylic acids is 1. The average Bonchev–Trinajstić information content (AvgIpc) is 3.31. The number of nitrogens with one attached hydrogen (secondary N) is 1. The number of amides is 1. The Labute approximate surface area is 149 Å². The second kappa shape index (κ2) is 6.90. The summed E-state index contributed by atoms with van der Waals surface area (Å²) in [6, 6.07) is 5.78. The Kier molecular flexibility index (Phi) is 4.65. The van der Waals surface area contributed by atoms with Crippen LogP contribution in [-0.2, 0) is 4.74 Å². The summed E-state index contributed by atoms with van der Waals surface area (Å²) in [7, 11) is 0. The van der Waals surface area contributed by atoms with Crippen molar-refractivity contribution in [3.05, 3.63) is 28.6 Å². The third kappa shape index (κ3) is 3.25. The van der Waals surface area contributed by atoms with Gasteiger partial charge in [0.25, 0.3) is 10.7 Å². The van der Waals surface area contributed by atoms with Crippen LogP contribution in [0, 0.1) is 4.84 Å². The van der Waals surface area contributed by atoms with Gasteiger partial charge in [0, 0.05) is 30.5 Å². The van der Waals surface area contributed by atoms with E-state index in [1.165, 1.54) is 0 Å². The Hall–Kier alpha value is -1.31. The first kappa shape index (κ1) is 16.2. The van der Waals surface area contributed by atoms with Crippen molar-refractivity contribution < 1.29 is 13.9 Å². The lowest BCUT2D eigenvalue weighted by atomic mass is 10.1. The molecule has 7 heteroatoms. The highest BCUT2D eigenvalue weighted by atomic mass is 32.2. The van der Waals surface area contributed by atoms with Gasteiger partial charge in [0.05, 0.1) is 11.6 Å². The van der Waals surface area contributed by atoms with E-state index < -0.39 is 0 Å². The van der Waals surface area contributed by atoms with Gasteiger partial charge in [-0.05, 0) is 55.4 Å². The molecular formula is C17H20N2O3S2. The number of benzene rings is 1. The first-order valence-corrected chi connectivity index (χ1v) is 9.90. The van der Waals surface area contributed by atoms with E-state index in [0.717, 1.165) is 42.9 Å². The summed E-state index contributed by atoms with van der Waals surface area (Å²) in [4.78, 5) is 18.5. The van der Waals surface area contributed by atoms with Crippen molar-refractivity contribution in [3.63, 3.8) is 0 Å². The molecule has 0 spiro atoms. The molecule has 0 saturated carbocycles. The zero-order chi connectivity index (χ0) is 16.5.